The summed E-state index contributed by atoms with van der Waals surface area (Å²) in [6.07, 6.45) is 0. The molecule has 0 bridgehead atoms. The molecule has 2 rings (SSSR count). The molecule has 0 aromatic heterocycles. The Morgan fingerprint density at radius 3 is 2.19 bits per heavy atom. The summed E-state index contributed by atoms with van der Waals surface area (Å²) in [7, 11) is 0. The standard InChI is InChI=1S/C14H8Cl3NO3/c15-9-4-2-1-3-7(9)13(19)18-12-5-8(14(20)21)10(16)6-11(12)17/h1-6H,(H,18,19)(H,20,21). The third-order valence-electron chi connectivity index (χ3n) is 2.65. The quantitative estimate of drug-likeness (QED) is 0.855. The molecule has 2 aromatic carbocycles. The Bertz CT molecular complexity index is 731. The highest BCUT2D eigenvalue weighted by atomic mass is 35.5. The number of nitrogens with one attached hydrogen (secondary N) is 1. The van der Waals surface area contributed by atoms with Crippen molar-refractivity contribution in [3.8, 4) is 0 Å². The number of carbonyl (C=O) groups is 2. The lowest BCUT2D eigenvalue weighted by Gasteiger charge is -2.10. The van der Waals surface area contributed by atoms with E-state index in [4.69, 9.17) is 39.9 Å². The zero-order valence-electron chi connectivity index (χ0n) is 10.4. The topological polar surface area (TPSA) is 66.4 Å². The average Bonchev–Trinajstić information content (AvgIpc) is 2.41. The van der Waals surface area contributed by atoms with Crippen molar-refractivity contribution in [1.82, 2.24) is 0 Å². The van der Waals surface area contributed by atoms with E-state index in [0.29, 0.717) is 0 Å². The predicted molar refractivity (Wildman–Crippen MR) is 82.8 cm³/mol. The van der Waals surface area contributed by atoms with Crippen LogP contribution < -0.4 is 5.32 Å². The molecule has 1 amide bonds. The fourth-order valence-electron chi connectivity index (χ4n) is 1.64. The zero-order valence-corrected chi connectivity index (χ0v) is 12.6. The molecule has 2 aromatic rings. The Kier molecular flexibility index (Phi) is 4.73. The van der Waals surface area contributed by atoms with Gasteiger partial charge in [0, 0.05) is 0 Å². The van der Waals surface area contributed by atoms with E-state index >= 15 is 0 Å². The molecule has 0 heterocycles. The average molecular weight is 345 g/mol. The first-order valence-electron chi connectivity index (χ1n) is 5.68. The van der Waals surface area contributed by atoms with Crippen LogP contribution in [0.25, 0.3) is 0 Å². The van der Waals surface area contributed by atoms with Gasteiger partial charge in [0.05, 0.1) is 31.9 Å². The fraction of sp³-hybridized carbons (Fsp3) is 0. The van der Waals surface area contributed by atoms with Crippen molar-refractivity contribution < 1.29 is 14.7 Å². The summed E-state index contributed by atoms with van der Waals surface area (Å²) in [5.41, 5.74) is 0.237. The molecule has 0 aliphatic heterocycles. The molecule has 108 valence electrons. The number of carbonyl (C=O) groups excluding carboxylic acids is 1. The second kappa shape index (κ2) is 6.35. The smallest absolute Gasteiger partial charge is 0.337 e. The summed E-state index contributed by atoms with van der Waals surface area (Å²) < 4.78 is 0. The Morgan fingerprint density at radius 1 is 0.905 bits per heavy atom. The van der Waals surface area contributed by atoms with Crippen LogP contribution in [0.2, 0.25) is 15.1 Å². The van der Waals surface area contributed by atoms with Gasteiger partial charge in [0.25, 0.3) is 5.91 Å². The number of rotatable bonds is 3. The summed E-state index contributed by atoms with van der Waals surface area (Å²) in [6, 6.07) is 8.92. The van der Waals surface area contributed by atoms with Crippen molar-refractivity contribution in [3.63, 3.8) is 0 Å². The van der Waals surface area contributed by atoms with E-state index in [1.54, 1.807) is 24.3 Å². The van der Waals surface area contributed by atoms with Crippen molar-refractivity contribution >= 4 is 52.4 Å². The summed E-state index contributed by atoms with van der Waals surface area (Å²) in [6.45, 7) is 0. The molecule has 0 fully saturated rings. The summed E-state index contributed by atoms with van der Waals surface area (Å²) >= 11 is 17.7. The number of hydrogen-bond donors (Lipinski definition) is 2. The third-order valence-corrected chi connectivity index (χ3v) is 3.61. The van der Waals surface area contributed by atoms with E-state index in [9.17, 15) is 9.59 Å². The first-order valence-corrected chi connectivity index (χ1v) is 6.81. The van der Waals surface area contributed by atoms with E-state index in [1.807, 2.05) is 0 Å². The van der Waals surface area contributed by atoms with Crippen LogP contribution in [0.5, 0.6) is 0 Å². The lowest BCUT2D eigenvalue weighted by molar-refractivity contribution is 0.0696. The van der Waals surface area contributed by atoms with Crippen LogP contribution in [0, 0.1) is 0 Å². The van der Waals surface area contributed by atoms with Gasteiger partial charge in [0.1, 0.15) is 0 Å². The first kappa shape index (κ1) is 15.6. The van der Waals surface area contributed by atoms with Crippen molar-refractivity contribution in [2.45, 2.75) is 0 Å². The molecule has 2 N–H and O–H groups in total. The van der Waals surface area contributed by atoms with E-state index < -0.39 is 11.9 Å². The highest BCUT2D eigenvalue weighted by Gasteiger charge is 2.16. The molecule has 0 unspecified atom stereocenters. The van der Waals surface area contributed by atoms with Crippen molar-refractivity contribution in [2.75, 3.05) is 5.32 Å². The van der Waals surface area contributed by atoms with Crippen molar-refractivity contribution in [3.05, 3.63) is 62.6 Å². The molecule has 0 atom stereocenters. The van der Waals surface area contributed by atoms with Crippen LogP contribution in [0.3, 0.4) is 0 Å². The second-order valence-corrected chi connectivity index (χ2v) is 5.27. The number of carboxylic acid groups (broad SMARTS) is 1. The maximum absolute atomic E-state index is 12.1. The third kappa shape index (κ3) is 3.47. The number of halogens is 3. The van der Waals surface area contributed by atoms with Crippen LogP contribution in [0.15, 0.2) is 36.4 Å². The molecule has 0 spiro atoms. The monoisotopic (exact) mass is 343 g/mol. The fourth-order valence-corrected chi connectivity index (χ4v) is 2.38. The van der Waals surface area contributed by atoms with Crippen LogP contribution >= 0.6 is 34.8 Å². The van der Waals surface area contributed by atoms with Crippen LogP contribution in [-0.4, -0.2) is 17.0 Å². The van der Waals surface area contributed by atoms with E-state index in [1.165, 1.54) is 12.1 Å². The van der Waals surface area contributed by atoms with Crippen LogP contribution in [-0.2, 0) is 0 Å². The molecular formula is C14H8Cl3NO3. The second-order valence-electron chi connectivity index (χ2n) is 4.05. The lowest BCUT2D eigenvalue weighted by Crippen LogP contribution is -2.13. The van der Waals surface area contributed by atoms with E-state index in [-0.39, 0.29) is 31.9 Å². The Morgan fingerprint density at radius 2 is 1.57 bits per heavy atom. The molecule has 0 aliphatic rings. The van der Waals surface area contributed by atoms with Gasteiger partial charge in [0.2, 0.25) is 0 Å². The molecule has 0 radical (unpaired) electrons. The van der Waals surface area contributed by atoms with Gasteiger partial charge >= 0.3 is 5.97 Å². The van der Waals surface area contributed by atoms with Gasteiger partial charge in [-0.25, -0.2) is 4.79 Å². The van der Waals surface area contributed by atoms with Crippen molar-refractivity contribution in [2.24, 2.45) is 0 Å². The maximum Gasteiger partial charge on any atom is 0.337 e. The van der Waals surface area contributed by atoms with Crippen LogP contribution in [0.1, 0.15) is 20.7 Å². The van der Waals surface area contributed by atoms with Gasteiger partial charge in [-0.15, -0.1) is 0 Å². The van der Waals surface area contributed by atoms with Gasteiger partial charge in [-0.3, -0.25) is 4.79 Å². The number of benzene rings is 2. The molecule has 0 saturated heterocycles. The van der Waals surface area contributed by atoms with Crippen LogP contribution in [0.4, 0.5) is 5.69 Å². The number of anilines is 1. The van der Waals surface area contributed by atoms with Gasteiger partial charge in [-0.1, -0.05) is 46.9 Å². The molecule has 21 heavy (non-hydrogen) atoms. The summed E-state index contributed by atoms with van der Waals surface area (Å²) in [4.78, 5) is 23.2. The van der Waals surface area contributed by atoms with E-state index in [0.717, 1.165) is 0 Å². The molecule has 7 heteroatoms. The zero-order chi connectivity index (χ0) is 15.6. The van der Waals surface area contributed by atoms with Crippen molar-refractivity contribution in [1.29, 1.82) is 0 Å². The number of aromatic carboxylic acids is 1. The lowest BCUT2D eigenvalue weighted by atomic mass is 10.1. The number of hydrogen-bond acceptors (Lipinski definition) is 2. The largest absolute Gasteiger partial charge is 0.478 e. The highest BCUT2D eigenvalue weighted by molar-refractivity contribution is 6.39. The molecule has 0 aliphatic carbocycles. The first-order chi connectivity index (χ1) is 9.90. The predicted octanol–water partition coefficient (Wildman–Crippen LogP) is 4.60. The van der Waals surface area contributed by atoms with E-state index in [2.05, 4.69) is 5.32 Å². The van der Waals surface area contributed by atoms with Gasteiger partial charge in [-0.2, -0.15) is 0 Å². The SMILES string of the molecule is O=C(O)c1cc(NC(=O)c2ccccc2Cl)c(Cl)cc1Cl. The minimum absolute atomic E-state index is 0.0109. The normalized spacial score (nSPS) is 10.2. The molecular weight excluding hydrogens is 337 g/mol. The van der Waals surface area contributed by atoms with Gasteiger partial charge < -0.3 is 10.4 Å². The molecule has 4 nitrogen and oxygen atoms in total. The Labute approximate surface area is 135 Å². The molecule has 0 saturated carbocycles. The number of carboxylic acids is 1. The highest BCUT2D eigenvalue weighted by Crippen LogP contribution is 2.30. The Hall–Kier alpha value is -1.75. The minimum Gasteiger partial charge on any atom is -0.478 e. The summed E-state index contributed by atoms with van der Waals surface area (Å²) in [5, 5.41) is 11.9. The number of amides is 1. The maximum atomic E-state index is 12.1. The van der Waals surface area contributed by atoms with Gasteiger partial charge in [0.15, 0.2) is 0 Å². The Balaban J connectivity index is 2.36. The van der Waals surface area contributed by atoms with Gasteiger partial charge in [-0.05, 0) is 24.3 Å². The minimum atomic E-state index is -1.22. The summed E-state index contributed by atoms with van der Waals surface area (Å²) in [5.74, 6) is -1.72.